The van der Waals surface area contributed by atoms with Gasteiger partial charge in [-0.3, -0.25) is 4.48 Å². The molecule has 0 saturated heterocycles. The summed E-state index contributed by atoms with van der Waals surface area (Å²) in [4.78, 5) is 0. The zero-order chi connectivity index (χ0) is 15.4. The third-order valence-corrected chi connectivity index (χ3v) is 6.19. The predicted molar refractivity (Wildman–Crippen MR) is 82.4 cm³/mol. The summed E-state index contributed by atoms with van der Waals surface area (Å²) in [5.41, 5.74) is 2.45. The van der Waals surface area contributed by atoms with Gasteiger partial charge >= 0.3 is 0 Å². The lowest BCUT2D eigenvalue weighted by Crippen LogP contribution is -2.63. The van der Waals surface area contributed by atoms with Crippen molar-refractivity contribution in [3.63, 3.8) is 0 Å². The zero-order valence-electron chi connectivity index (χ0n) is 13.6. The van der Waals surface area contributed by atoms with Crippen LogP contribution in [0.4, 0.5) is 4.39 Å². The molecule has 0 bridgehead atoms. The molecule has 1 aromatic rings. The Hall–Kier alpha value is -1.19. The van der Waals surface area contributed by atoms with Crippen molar-refractivity contribution >= 4 is 0 Å². The number of rotatable bonds is 1. The molecular weight excluding hydrogens is 265 g/mol. The number of likely N-dealkylation sites (N-methyl/N-ethyl adjacent to an activating group) is 1. The van der Waals surface area contributed by atoms with Gasteiger partial charge in [-0.15, -0.1) is 0 Å². The first kappa shape index (κ1) is 14.7. The highest BCUT2D eigenvalue weighted by atomic mass is 19.1. The number of methoxy groups -OCH3 is 1. The lowest BCUT2D eigenvalue weighted by Gasteiger charge is -2.58. The molecule has 0 saturated carbocycles. The number of ether oxygens (including phenoxy) is 1. The van der Waals surface area contributed by atoms with E-state index in [1.165, 1.54) is 5.56 Å². The van der Waals surface area contributed by atoms with Gasteiger partial charge in [0.1, 0.15) is 17.4 Å². The van der Waals surface area contributed by atoms with E-state index in [0.29, 0.717) is 12.0 Å². The molecule has 2 heterocycles. The summed E-state index contributed by atoms with van der Waals surface area (Å²) in [5, 5.41) is 0. The first-order valence-corrected chi connectivity index (χ1v) is 7.68. The highest BCUT2D eigenvalue weighted by Crippen LogP contribution is 2.53. The van der Waals surface area contributed by atoms with Crippen LogP contribution in [0.25, 0.3) is 0 Å². The maximum atomic E-state index is 13.7. The van der Waals surface area contributed by atoms with Crippen LogP contribution in [0.3, 0.4) is 0 Å². The Kier molecular flexibility index (Phi) is 3.26. The number of quaternary nitrogens is 1. The molecule has 2 aliphatic rings. The molecule has 0 N–H and O–H groups in total. The summed E-state index contributed by atoms with van der Waals surface area (Å²) in [5.74, 6) is 0.162. The fourth-order valence-corrected chi connectivity index (χ4v) is 4.10. The Balaban J connectivity index is 2.21. The van der Waals surface area contributed by atoms with Gasteiger partial charge in [-0.05, 0) is 43.7 Å². The fourth-order valence-electron chi connectivity index (χ4n) is 4.10. The summed E-state index contributed by atoms with van der Waals surface area (Å²) in [6.45, 7) is 6.79. The molecule has 0 aliphatic carbocycles. The van der Waals surface area contributed by atoms with Gasteiger partial charge in [-0.25, -0.2) is 4.39 Å². The summed E-state index contributed by atoms with van der Waals surface area (Å²) in [6.07, 6.45) is 5.55. The van der Waals surface area contributed by atoms with Crippen molar-refractivity contribution < 1.29 is 13.6 Å². The van der Waals surface area contributed by atoms with Gasteiger partial charge in [0.05, 0.1) is 19.4 Å². The van der Waals surface area contributed by atoms with E-state index in [1.54, 1.807) is 19.2 Å². The normalized spacial score (nSPS) is 37.0. The van der Waals surface area contributed by atoms with Gasteiger partial charge in [0.2, 0.25) is 0 Å². The summed E-state index contributed by atoms with van der Waals surface area (Å²) >= 11 is 0. The molecule has 0 fully saturated rings. The fraction of sp³-hybridized carbons (Fsp3) is 0.556. The third-order valence-electron chi connectivity index (χ3n) is 6.19. The van der Waals surface area contributed by atoms with Crippen molar-refractivity contribution in [2.75, 3.05) is 14.2 Å². The average Bonchev–Trinajstić information content (AvgIpc) is 2.46. The minimum Gasteiger partial charge on any atom is -0.377 e. The molecule has 0 amide bonds. The van der Waals surface area contributed by atoms with Gasteiger partial charge in [-0.2, -0.15) is 0 Å². The van der Waals surface area contributed by atoms with Crippen molar-refractivity contribution in [1.82, 2.24) is 0 Å². The standard InChI is InChI=1S/C18H25FNO/c1-12-16-10-13(19)6-7-15(16)17-11-14(21-5)8-9-20(17,4)18(12,2)3/h6-10,12,14,17H,11H2,1-5H3/q+1. The van der Waals surface area contributed by atoms with E-state index in [0.717, 1.165) is 16.5 Å². The van der Waals surface area contributed by atoms with Crippen molar-refractivity contribution in [1.29, 1.82) is 0 Å². The maximum absolute atomic E-state index is 13.7. The number of hydrogen-bond acceptors (Lipinski definition) is 1. The summed E-state index contributed by atoms with van der Waals surface area (Å²) in [6, 6.07) is 5.62. The molecule has 2 aliphatic heterocycles. The SMILES string of the molecule is COC1C=C[N+]2(C)C(C1)c1ccc(F)cc1C(C)C2(C)C. The minimum atomic E-state index is -0.137. The van der Waals surface area contributed by atoms with Crippen LogP contribution in [0, 0.1) is 5.82 Å². The van der Waals surface area contributed by atoms with Crippen molar-refractivity contribution in [3.05, 3.63) is 47.4 Å². The van der Waals surface area contributed by atoms with E-state index in [4.69, 9.17) is 4.74 Å². The van der Waals surface area contributed by atoms with E-state index >= 15 is 0 Å². The Morgan fingerprint density at radius 3 is 2.67 bits per heavy atom. The topological polar surface area (TPSA) is 9.23 Å². The molecule has 4 unspecified atom stereocenters. The number of fused-ring (bicyclic) bond motifs is 3. The Labute approximate surface area is 126 Å². The first-order valence-electron chi connectivity index (χ1n) is 7.68. The molecule has 0 aromatic heterocycles. The van der Waals surface area contributed by atoms with Gasteiger partial charge < -0.3 is 4.74 Å². The van der Waals surface area contributed by atoms with E-state index in [2.05, 4.69) is 40.1 Å². The van der Waals surface area contributed by atoms with Crippen LogP contribution in [-0.4, -0.2) is 30.3 Å². The molecule has 4 atom stereocenters. The Morgan fingerprint density at radius 1 is 1.29 bits per heavy atom. The van der Waals surface area contributed by atoms with E-state index in [-0.39, 0.29) is 17.5 Å². The number of nitrogens with zero attached hydrogens (tertiary/aromatic N) is 1. The van der Waals surface area contributed by atoms with Crippen molar-refractivity contribution in [2.24, 2.45) is 0 Å². The Morgan fingerprint density at radius 2 is 2.00 bits per heavy atom. The number of benzene rings is 1. The maximum Gasteiger partial charge on any atom is 0.123 e. The van der Waals surface area contributed by atoms with Crippen LogP contribution in [-0.2, 0) is 4.74 Å². The zero-order valence-corrected chi connectivity index (χ0v) is 13.6. The van der Waals surface area contributed by atoms with Gasteiger partial charge in [-0.1, -0.05) is 6.92 Å². The molecule has 1 aromatic carbocycles. The van der Waals surface area contributed by atoms with Crippen LogP contribution in [0.5, 0.6) is 0 Å². The Bertz CT molecular complexity index is 595. The van der Waals surface area contributed by atoms with Crippen LogP contribution in [0.15, 0.2) is 30.5 Å². The lowest BCUT2D eigenvalue weighted by atomic mass is 9.70. The number of halogens is 1. The monoisotopic (exact) mass is 290 g/mol. The minimum absolute atomic E-state index is 0.0146. The molecule has 0 spiro atoms. The van der Waals surface area contributed by atoms with Crippen LogP contribution >= 0.6 is 0 Å². The van der Waals surface area contributed by atoms with Crippen LogP contribution in [0.1, 0.15) is 50.3 Å². The van der Waals surface area contributed by atoms with Gasteiger partial charge in [0.25, 0.3) is 0 Å². The first-order chi connectivity index (χ1) is 9.81. The summed E-state index contributed by atoms with van der Waals surface area (Å²) in [7, 11) is 4.04. The molecule has 21 heavy (non-hydrogen) atoms. The third kappa shape index (κ3) is 1.91. The largest absolute Gasteiger partial charge is 0.377 e. The molecule has 0 radical (unpaired) electrons. The molecule has 3 heteroatoms. The second-order valence-electron chi connectivity index (χ2n) is 7.16. The van der Waals surface area contributed by atoms with E-state index in [1.807, 2.05) is 6.07 Å². The lowest BCUT2D eigenvalue weighted by molar-refractivity contribution is -0.945. The summed E-state index contributed by atoms with van der Waals surface area (Å²) < 4.78 is 20.1. The second kappa shape index (κ2) is 4.65. The molecule has 3 rings (SSSR count). The highest BCUT2D eigenvalue weighted by molar-refractivity contribution is 5.37. The number of hydrogen-bond donors (Lipinski definition) is 0. The van der Waals surface area contributed by atoms with E-state index < -0.39 is 0 Å². The van der Waals surface area contributed by atoms with Crippen LogP contribution in [0.2, 0.25) is 0 Å². The van der Waals surface area contributed by atoms with Crippen molar-refractivity contribution in [3.8, 4) is 0 Å². The van der Waals surface area contributed by atoms with E-state index in [9.17, 15) is 4.39 Å². The smallest absolute Gasteiger partial charge is 0.123 e. The highest BCUT2D eigenvalue weighted by Gasteiger charge is 2.55. The van der Waals surface area contributed by atoms with Crippen molar-refractivity contribution in [2.45, 2.75) is 50.8 Å². The average molecular weight is 290 g/mol. The quantitative estimate of drug-likeness (QED) is 0.706. The second-order valence-corrected chi connectivity index (χ2v) is 7.16. The molecular formula is C18H25FNO+. The van der Waals surface area contributed by atoms with Gasteiger partial charge in [0.15, 0.2) is 0 Å². The predicted octanol–water partition coefficient (Wildman–Crippen LogP) is 4.14. The van der Waals surface area contributed by atoms with Crippen LogP contribution < -0.4 is 0 Å². The molecule has 114 valence electrons. The molecule has 2 nitrogen and oxygen atoms in total. The van der Waals surface area contributed by atoms with Gasteiger partial charge in [0, 0.05) is 25.0 Å².